The van der Waals surface area contributed by atoms with Crippen LogP contribution in [-0.4, -0.2) is 57.0 Å². The molecule has 5 heteroatoms. The molecule has 1 rings (SSSR count). The zero-order valence-corrected chi connectivity index (χ0v) is 13.2. The Morgan fingerprint density at radius 1 is 1.19 bits per heavy atom. The van der Waals surface area contributed by atoms with Gasteiger partial charge in [0.25, 0.3) is 0 Å². The van der Waals surface area contributed by atoms with Crippen molar-refractivity contribution in [3.63, 3.8) is 0 Å². The Morgan fingerprint density at radius 3 is 2.52 bits per heavy atom. The summed E-state index contributed by atoms with van der Waals surface area (Å²) in [6.07, 6.45) is 0. The molecule has 5 nitrogen and oxygen atoms in total. The lowest BCUT2D eigenvalue weighted by Gasteiger charge is -2.15. The van der Waals surface area contributed by atoms with Gasteiger partial charge in [-0.15, -0.1) is 0 Å². The number of nitrogens with zero attached hydrogens (tertiary/aromatic N) is 1. The van der Waals surface area contributed by atoms with Gasteiger partial charge < -0.3 is 10.1 Å². The molecule has 0 fully saturated rings. The van der Waals surface area contributed by atoms with E-state index in [4.69, 9.17) is 4.74 Å². The number of ketones is 1. The van der Waals surface area contributed by atoms with E-state index < -0.39 is 0 Å². The first-order valence-corrected chi connectivity index (χ1v) is 6.98. The monoisotopic (exact) mass is 292 g/mol. The smallest absolute Gasteiger partial charge is 0.234 e. The van der Waals surface area contributed by atoms with Crippen LogP contribution in [0.5, 0.6) is 0 Å². The van der Waals surface area contributed by atoms with Gasteiger partial charge in [-0.25, -0.2) is 0 Å². The number of amides is 1. The van der Waals surface area contributed by atoms with Gasteiger partial charge in [0.2, 0.25) is 5.91 Å². The third-order valence-electron chi connectivity index (χ3n) is 3.28. The third kappa shape index (κ3) is 6.06. The van der Waals surface area contributed by atoms with Gasteiger partial charge in [0, 0.05) is 19.2 Å². The summed E-state index contributed by atoms with van der Waals surface area (Å²) < 4.78 is 4.86. The highest BCUT2D eigenvalue weighted by Crippen LogP contribution is 2.10. The highest BCUT2D eigenvalue weighted by molar-refractivity contribution is 5.98. The maximum absolute atomic E-state index is 12.2. The molecule has 0 radical (unpaired) electrons. The Balaban J connectivity index is 2.46. The summed E-state index contributed by atoms with van der Waals surface area (Å²) in [6, 6.07) is 5.67. The van der Waals surface area contributed by atoms with Crippen molar-refractivity contribution in [1.82, 2.24) is 10.2 Å². The number of nitrogens with one attached hydrogen (secondary N) is 1. The molecule has 0 spiro atoms. The molecule has 0 aliphatic carbocycles. The fraction of sp³-hybridized carbons (Fsp3) is 0.500. The summed E-state index contributed by atoms with van der Waals surface area (Å²) in [5.41, 5.74) is 2.95. The summed E-state index contributed by atoms with van der Waals surface area (Å²) in [7, 11) is 3.34. The second-order valence-corrected chi connectivity index (χ2v) is 5.24. The van der Waals surface area contributed by atoms with Crippen molar-refractivity contribution in [3.8, 4) is 0 Å². The van der Waals surface area contributed by atoms with Crippen molar-refractivity contribution in [1.29, 1.82) is 0 Å². The van der Waals surface area contributed by atoms with Gasteiger partial charge in [0.1, 0.15) is 0 Å². The zero-order chi connectivity index (χ0) is 15.8. The third-order valence-corrected chi connectivity index (χ3v) is 3.28. The summed E-state index contributed by atoms with van der Waals surface area (Å²) in [6.45, 7) is 5.38. The van der Waals surface area contributed by atoms with Crippen LogP contribution in [0.1, 0.15) is 21.5 Å². The second kappa shape index (κ2) is 8.54. The van der Waals surface area contributed by atoms with Gasteiger partial charge in [-0.2, -0.15) is 0 Å². The largest absolute Gasteiger partial charge is 0.383 e. The van der Waals surface area contributed by atoms with Crippen LogP contribution in [0.3, 0.4) is 0 Å². The lowest BCUT2D eigenvalue weighted by molar-refractivity contribution is -0.122. The van der Waals surface area contributed by atoms with Gasteiger partial charge in [-0.3, -0.25) is 14.5 Å². The van der Waals surface area contributed by atoms with Crippen LogP contribution in [0.25, 0.3) is 0 Å². The lowest BCUT2D eigenvalue weighted by Crippen LogP contribution is -2.38. The van der Waals surface area contributed by atoms with E-state index in [1.165, 1.54) is 0 Å². The first kappa shape index (κ1) is 17.3. The molecule has 0 heterocycles. The number of Topliss-reactive ketones (excluding diaryl/α,β-unsaturated/α-hetero) is 1. The summed E-state index contributed by atoms with van der Waals surface area (Å²) in [5, 5.41) is 2.73. The Bertz CT molecular complexity index is 500. The number of carbonyl (C=O) groups is 2. The van der Waals surface area contributed by atoms with Gasteiger partial charge in [0.15, 0.2) is 5.78 Å². The number of rotatable bonds is 8. The van der Waals surface area contributed by atoms with Crippen molar-refractivity contribution < 1.29 is 14.3 Å². The molecular formula is C16H24N2O3. The lowest BCUT2D eigenvalue weighted by atomic mass is 10.0. The van der Waals surface area contributed by atoms with Crippen molar-refractivity contribution in [3.05, 3.63) is 34.9 Å². The highest BCUT2D eigenvalue weighted by atomic mass is 16.5. The highest BCUT2D eigenvalue weighted by Gasteiger charge is 2.12. The molecule has 0 saturated carbocycles. The molecular weight excluding hydrogens is 268 g/mol. The number of hydrogen-bond acceptors (Lipinski definition) is 4. The summed E-state index contributed by atoms with van der Waals surface area (Å²) in [5.74, 6) is -0.0901. The maximum atomic E-state index is 12.2. The first-order chi connectivity index (χ1) is 9.93. The molecule has 0 atom stereocenters. The van der Waals surface area contributed by atoms with E-state index in [0.29, 0.717) is 18.7 Å². The Kier molecular flexibility index (Phi) is 7.05. The molecule has 0 aliphatic heterocycles. The summed E-state index contributed by atoms with van der Waals surface area (Å²) in [4.78, 5) is 25.5. The molecule has 0 bridgehead atoms. The maximum Gasteiger partial charge on any atom is 0.234 e. The van der Waals surface area contributed by atoms with Crippen molar-refractivity contribution in [2.24, 2.45) is 0 Å². The van der Waals surface area contributed by atoms with Gasteiger partial charge in [-0.05, 0) is 38.1 Å². The number of aryl methyl sites for hydroxylation is 2. The normalized spacial score (nSPS) is 10.7. The zero-order valence-electron chi connectivity index (χ0n) is 13.2. The van der Waals surface area contributed by atoms with Crippen LogP contribution in [0, 0.1) is 13.8 Å². The quantitative estimate of drug-likeness (QED) is 0.577. The van der Waals surface area contributed by atoms with E-state index in [2.05, 4.69) is 5.32 Å². The number of hydrogen-bond donors (Lipinski definition) is 1. The van der Waals surface area contributed by atoms with E-state index >= 15 is 0 Å². The number of methoxy groups -OCH3 is 1. The van der Waals surface area contributed by atoms with Crippen LogP contribution in [0.2, 0.25) is 0 Å². The molecule has 1 aromatic rings. The molecule has 0 aliphatic rings. The molecule has 1 aromatic carbocycles. The van der Waals surface area contributed by atoms with Crippen molar-refractivity contribution >= 4 is 11.7 Å². The van der Waals surface area contributed by atoms with Gasteiger partial charge in [-0.1, -0.05) is 12.1 Å². The van der Waals surface area contributed by atoms with E-state index in [0.717, 1.165) is 11.1 Å². The molecule has 0 unspecified atom stereocenters. The van der Waals surface area contributed by atoms with Crippen molar-refractivity contribution in [2.45, 2.75) is 13.8 Å². The molecule has 1 amide bonds. The summed E-state index contributed by atoms with van der Waals surface area (Å²) >= 11 is 0. The predicted octanol–water partition coefficient (Wildman–Crippen LogP) is 1.18. The average molecular weight is 292 g/mol. The van der Waals surface area contributed by atoms with E-state index in [9.17, 15) is 9.59 Å². The standard InChI is InChI=1S/C16H24N2O3/c1-12-5-6-14(9-13(12)2)15(19)10-18(3)11-16(20)17-7-8-21-4/h5-6,9H,7-8,10-11H2,1-4H3,(H,17,20). The molecule has 21 heavy (non-hydrogen) atoms. The molecule has 0 saturated heterocycles. The number of carbonyl (C=O) groups excluding carboxylic acids is 2. The number of ether oxygens (including phenoxy) is 1. The van der Waals surface area contributed by atoms with Gasteiger partial charge >= 0.3 is 0 Å². The first-order valence-electron chi connectivity index (χ1n) is 6.98. The minimum atomic E-state index is -0.109. The number of likely N-dealkylation sites (N-methyl/N-ethyl adjacent to an activating group) is 1. The minimum absolute atomic E-state index is 0.0188. The Labute approximate surface area is 126 Å². The van der Waals surface area contributed by atoms with E-state index in [-0.39, 0.29) is 24.8 Å². The molecule has 116 valence electrons. The van der Waals surface area contributed by atoms with Crippen molar-refractivity contribution in [2.75, 3.05) is 40.4 Å². The Hall–Kier alpha value is -1.72. The fourth-order valence-corrected chi connectivity index (χ4v) is 1.90. The molecule has 1 N–H and O–H groups in total. The van der Waals surface area contributed by atoms with Crippen LogP contribution >= 0.6 is 0 Å². The fourth-order valence-electron chi connectivity index (χ4n) is 1.90. The average Bonchev–Trinajstić information content (AvgIpc) is 2.41. The second-order valence-electron chi connectivity index (χ2n) is 5.24. The van der Waals surface area contributed by atoms with Crippen LogP contribution in [0.15, 0.2) is 18.2 Å². The van der Waals surface area contributed by atoms with Gasteiger partial charge in [0.05, 0.1) is 19.7 Å². The SMILES string of the molecule is COCCNC(=O)CN(C)CC(=O)c1ccc(C)c(C)c1. The van der Waals surface area contributed by atoms with Crippen LogP contribution in [0.4, 0.5) is 0 Å². The molecule has 0 aromatic heterocycles. The van der Waals surface area contributed by atoms with Crippen LogP contribution in [-0.2, 0) is 9.53 Å². The topological polar surface area (TPSA) is 58.6 Å². The minimum Gasteiger partial charge on any atom is -0.383 e. The predicted molar refractivity (Wildman–Crippen MR) is 82.6 cm³/mol. The van der Waals surface area contributed by atoms with E-state index in [1.807, 2.05) is 32.0 Å². The Morgan fingerprint density at radius 2 is 1.90 bits per heavy atom. The van der Waals surface area contributed by atoms with Crippen LogP contribution < -0.4 is 5.32 Å². The van der Waals surface area contributed by atoms with E-state index in [1.54, 1.807) is 19.1 Å². The number of benzene rings is 1.